The fourth-order valence-electron chi connectivity index (χ4n) is 7.33. The molecule has 2 aliphatic carbocycles. The SMILES string of the molecule is C=CNCCCC1CCc2c(C)c(F)cc3nc4c(c1c23)CN1C(=C)C2=C(C=C41)C(CC)CCCC2. The predicted molar refractivity (Wildman–Crippen MR) is 147 cm³/mol. The molecule has 2 aliphatic heterocycles. The number of hydrogen-bond acceptors (Lipinski definition) is 3. The number of aromatic nitrogens is 1. The molecule has 0 radical (unpaired) electrons. The second-order valence-corrected chi connectivity index (χ2v) is 11.1. The Labute approximate surface area is 214 Å². The van der Waals surface area contributed by atoms with Gasteiger partial charge in [0, 0.05) is 29.3 Å². The molecule has 2 unspecified atom stereocenters. The number of benzene rings is 1. The summed E-state index contributed by atoms with van der Waals surface area (Å²) >= 11 is 0. The molecule has 1 N–H and O–H groups in total. The van der Waals surface area contributed by atoms with Crippen LogP contribution in [0.5, 0.6) is 0 Å². The molecule has 0 spiro atoms. The molecule has 2 aromatic rings. The fourth-order valence-corrected chi connectivity index (χ4v) is 7.33. The molecule has 0 bridgehead atoms. The van der Waals surface area contributed by atoms with Crippen LogP contribution in [0.1, 0.15) is 92.2 Å². The summed E-state index contributed by atoms with van der Waals surface area (Å²) in [6, 6.07) is 1.69. The molecule has 4 heteroatoms. The zero-order valence-corrected chi connectivity index (χ0v) is 21.9. The van der Waals surface area contributed by atoms with Crippen LogP contribution in [0.2, 0.25) is 0 Å². The molecule has 188 valence electrons. The molecule has 0 amide bonds. The third-order valence-electron chi connectivity index (χ3n) is 9.24. The molecule has 6 rings (SSSR count). The van der Waals surface area contributed by atoms with Crippen molar-refractivity contribution in [3.8, 4) is 0 Å². The van der Waals surface area contributed by atoms with Crippen LogP contribution < -0.4 is 5.32 Å². The first-order chi connectivity index (χ1) is 17.5. The average molecular weight is 484 g/mol. The van der Waals surface area contributed by atoms with Gasteiger partial charge in [-0.05, 0) is 110 Å². The van der Waals surface area contributed by atoms with Crippen molar-refractivity contribution >= 4 is 16.6 Å². The summed E-state index contributed by atoms with van der Waals surface area (Å²) < 4.78 is 15.0. The first-order valence-electron chi connectivity index (χ1n) is 13.9. The minimum atomic E-state index is -0.124. The zero-order valence-electron chi connectivity index (χ0n) is 21.9. The Morgan fingerprint density at radius 2 is 2.06 bits per heavy atom. The van der Waals surface area contributed by atoms with Gasteiger partial charge in [-0.25, -0.2) is 9.37 Å². The van der Waals surface area contributed by atoms with Crippen molar-refractivity contribution in [2.24, 2.45) is 5.92 Å². The third kappa shape index (κ3) is 3.55. The highest BCUT2D eigenvalue weighted by atomic mass is 19.1. The molecule has 0 saturated carbocycles. The Bertz CT molecular complexity index is 1330. The van der Waals surface area contributed by atoms with E-state index < -0.39 is 0 Å². The summed E-state index contributed by atoms with van der Waals surface area (Å²) in [6.07, 6.45) is 14.5. The van der Waals surface area contributed by atoms with Gasteiger partial charge in [-0.2, -0.15) is 0 Å². The van der Waals surface area contributed by atoms with Gasteiger partial charge in [0.15, 0.2) is 0 Å². The van der Waals surface area contributed by atoms with Crippen LogP contribution in [0.25, 0.3) is 16.6 Å². The van der Waals surface area contributed by atoms with Gasteiger partial charge < -0.3 is 10.2 Å². The van der Waals surface area contributed by atoms with Crippen LogP contribution in [0.15, 0.2) is 48.3 Å². The van der Waals surface area contributed by atoms with Crippen LogP contribution in [-0.2, 0) is 13.0 Å². The summed E-state index contributed by atoms with van der Waals surface area (Å²) in [4.78, 5) is 7.61. The number of allylic oxidation sites excluding steroid dienone is 3. The standard InChI is InChI=1S/C32H38FN3/c1-5-21-10-7-8-12-24-20(4)36-18-26-30-22(11-9-15-34-6-2)13-14-23-19(3)27(33)17-28(31(23)30)35-32(26)29(36)16-25(21)24/h6,16-17,21-22,34H,2,4-5,7-15,18H2,1,3H3. The van der Waals surface area contributed by atoms with E-state index in [1.54, 1.807) is 12.3 Å². The number of rotatable bonds is 6. The normalized spacial score (nSPS) is 22.7. The van der Waals surface area contributed by atoms with E-state index in [4.69, 9.17) is 4.98 Å². The molecule has 0 saturated heterocycles. The lowest BCUT2D eigenvalue weighted by Gasteiger charge is -2.32. The topological polar surface area (TPSA) is 28.2 Å². The van der Waals surface area contributed by atoms with E-state index >= 15 is 4.39 Å². The molecule has 4 aliphatic rings. The van der Waals surface area contributed by atoms with Crippen molar-refractivity contribution in [1.29, 1.82) is 0 Å². The van der Waals surface area contributed by atoms with Crippen molar-refractivity contribution in [2.75, 3.05) is 6.54 Å². The van der Waals surface area contributed by atoms with Crippen LogP contribution in [0.3, 0.4) is 0 Å². The van der Waals surface area contributed by atoms with Crippen LogP contribution in [0, 0.1) is 18.7 Å². The van der Waals surface area contributed by atoms with Gasteiger partial charge in [-0.3, -0.25) is 0 Å². The average Bonchev–Trinajstić information content (AvgIpc) is 3.11. The second kappa shape index (κ2) is 9.21. The van der Waals surface area contributed by atoms with E-state index in [0.717, 1.165) is 68.4 Å². The van der Waals surface area contributed by atoms with E-state index in [2.05, 4.69) is 36.4 Å². The van der Waals surface area contributed by atoms with Crippen LogP contribution in [-0.4, -0.2) is 16.4 Å². The first-order valence-corrected chi connectivity index (χ1v) is 13.9. The Balaban J connectivity index is 1.53. The minimum absolute atomic E-state index is 0.124. The fraction of sp³-hybridized carbons (Fsp3) is 0.469. The Morgan fingerprint density at radius 1 is 1.19 bits per heavy atom. The predicted octanol–water partition coefficient (Wildman–Crippen LogP) is 7.81. The number of aryl methyl sites for hydroxylation is 1. The lowest BCUT2D eigenvalue weighted by molar-refractivity contribution is 0.488. The highest BCUT2D eigenvalue weighted by molar-refractivity contribution is 5.93. The van der Waals surface area contributed by atoms with E-state index in [0.29, 0.717) is 11.8 Å². The maximum atomic E-state index is 15.0. The Morgan fingerprint density at radius 3 is 2.86 bits per heavy atom. The van der Waals surface area contributed by atoms with Crippen molar-refractivity contribution in [3.63, 3.8) is 0 Å². The number of halogens is 1. The van der Waals surface area contributed by atoms with Gasteiger partial charge in [0.2, 0.25) is 0 Å². The molecule has 3 nitrogen and oxygen atoms in total. The highest BCUT2D eigenvalue weighted by Crippen LogP contribution is 2.51. The zero-order chi connectivity index (χ0) is 25.0. The molecule has 2 atom stereocenters. The number of nitrogens with one attached hydrogen (secondary N) is 1. The van der Waals surface area contributed by atoms with Crippen molar-refractivity contribution in [3.05, 3.63) is 82.1 Å². The van der Waals surface area contributed by atoms with E-state index in [1.807, 2.05) is 6.92 Å². The molecule has 0 fully saturated rings. The third-order valence-corrected chi connectivity index (χ3v) is 9.24. The lowest BCUT2D eigenvalue weighted by Crippen LogP contribution is -2.22. The monoisotopic (exact) mass is 483 g/mol. The van der Waals surface area contributed by atoms with E-state index in [-0.39, 0.29) is 5.82 Å². The lowest BCUT2D eigenvalue weighted by atomic mass is 9.76. The van der Waals surface area contributed by atoms with Gasteiger partial charge in [-0.1, -0.05) is 26.5 Å². The summed E-state index contributed by atoms with van der Waals surface area (Å²) in [5, 5.41) is 4.49. The summed E-state index contributed by atoms with van der Waals surface area (Å²) in [7, 11) is 0. The largest absolute Gasteiger partial charge is 0.391 e. The van der Waals surface area contributed by atoms with Gasteiger partial charge in [0.25, 0.3) is 0 Å². The van der Waals surface area contributed by atoms with Gasteiger partial charge in [0.1, 0.15) is 5.82 Å². The van der Waals surface area contributed by atoms with Crippen molar-refractivity contribution < 1.29 is 4.39 Å². The maximum Gasteiger partial charge on any atom is 0.128 e. The Hall–Kier alpha value is -2.88. The molecule has 1 aromatic heterocycles. The molecule has 3 heterocycles. The number of pyridine rings is 1. The molecule has 36 heavy (non-hydrogen) atoms. The van der Waals surface area contributed by atoms with Crippen molar-refractivity contribution in [2.45, 2.75) is 84.1 Å². The molecular formula is C32H38FN3. The number of fused-ring (bicyclic) bond motifs is 4. The van der Waals surface area contributed by atoms with Crippen LogP contribution in [0.4, 0.5) is 4.39 Å². The highest BCUT2D eigenvalue weighted by Gasteiger charge is 2.39. The van der Waals surface area contributed by atoms with Gasteiger partial charge in [-0.15, -0.1) is 0 Å². The van der Waals surface area contributed by atoms with E-state index in [1.165, 1.54) is 63.9 Å². The minimum Gasteiger partial charge on any atom is -0.391 e. The summed E-state index contributed by atoms with van der Waals surface area (Å²) in [6.45, 7) is 14.4. The summed E-state index contributed by atoms with van der Waals surface area (Å²) in [5.41, 5.74) is 12.0. The summed E-state index contributed by atoms with van der Waals surface area (Å²) in [5.74, 6) is 0.937. The van der Waals surface area contributed by atoms with Crippen molar-refractivity contribution in [1.82, 2.24) is 15.2 Å². The Kier molecular flexibility index (Phi) is 6.02. The van der Waals surface area contributed by atoms with Gasteiger partial charge in [0.05, 0.1) is 23.5 Å². The molecular weight excluding hydrogens is 445 g/mol. The number of hydrogen-bond donors (Lipinski definition) is 1. The number of nitrogens with zero attached hydrogens (tertiary/aromatic N) is 2. The van der Waals surface area contributed by atoms with Crippen LogP contribution >= 0.6 is 0 Å². The molecule has 1 aromatic carbocycles. The maximum absolute atomic E-state index is 15.0. The van der Waals surface area contributed by atoms with E-state index in [9.17, 15) is 0 Å². The quantitative estimate of drug-likeness (QED) is 0.425. The smallest absolute Gasteiger partial charge is 0.128 e. The first kappa shape index (κ1) is 23.5. The van der Waals surface area contributed by atoms with Gasteiger partial charge >= 0.3 is 0 Å². The second-order valence-electron chi connectivity index (χ2n) is 11.1.